The van der Waals surface area contributed by atoms with Gasteiger partial charge in [-0.25, -0.2) is 4.39 Å². The second kappa shape index (κ2) is 6.23. The third kappa shape index (κ3) is 3.39. The van der Waals surface area contributed by atoms with Crippen LogP contribution in [-0.2, 0) is 6.42 Å². The summed E-state index contributed by atoms with van der Waals surface area (Å²) in [5.41, 5.74) is 1.63. The normalized spacial score (nSPS) is 23.1. The molecule has 1 aliphatic carbocycles. The molecule has 0 aromatic heterocycles. The fourth-order valence-corrected chi connectivity index (χ4v) is 3.74. The van der Waals surface area contributed by atoms with Crippen LogP contribution in [0, 0.1) is 5.82 Å². The molecule has 0 bridgehead atoms. The molecule has 0 atom stereocenters. The second-order valence-electron chi connectivity index (χ2n) is 6.42. The van der Waals surface area contributed by atoms with Gasteiger partial charge in [0.15, 0.2) is 0 Å². The number of hydrogen-bond donors (Lipinski definition) is 1. The maximum atomic E-state index is 12.9. The van der Waals surface area contributed by atoms with Crippen molar-refractivity contribution in [3.05, 3.63) is 35.6 Å². The first kappa shape index (κ1) is 14.0. The zero-order valence-electron chi connectivity index (χ0n) is 12.2. The van der Waals surface area contributed by atoms with Crippen molar-refractivity contribution in [1.29, 1.82) is 0 Å². The van der Waals surface area contributed by atoms with E-state index in [0.29, 0.717) is 5.54 Å². The zero-order valence-corrected chi connectivity index (χ0v) is 12.2. The molecule has 1 heterocycles. The predicted octanol–water partition coefficient (Wildman–Crippen LogP) is 2.98. The average Bonchev–Trinajstić information content (AvgIpc) is 2.80. The predicted molar refractivity (Wildman–Crippen MR) is 80.4 cm³/mol. The fraction of sp³-hybridized carbons (Fsp3) is 0.647. The molecule has 110 valence electrons. The summed E-state index contributed by atoms with van der Waals surface area (Å²) in [6.45, 7) is 4.63. The van der Waals surface area contributed by atoms with Crippen LogP contribution in [0.15, 0.2) is 24.3 Å². The lowest BCUT2D eigenvalue weighted by Crippen LogP contribution is -2.49. The largest absolute Gasteiger partial charge is 0.310 e. The third-order valence-corrected chi connectivity index (χ3v) is 4.87. The van der Waals surface area contributed by atoms with E-state index in [4.69, 9.17) is 0 Å². The van der Waals surface area contributed by atoms with Gasteiger partial charge in [0.25, 0.3) is 0 Å². The van der Waals surface area contributed by atoms with Gasteiger partial charge in [-0.3, -0.25) is 0 Å². The van der Waals surface area contributed by atoms with Gasteiger partial charge in [0.1, 0.15) is 5.82 Å². The van der Waals surface area contributed by atoms with Gasteiger partial charge in [-0.1, -0.05) is 25.0 Å². The molecule has 0 amide bonds. The SMILES string of the molecule is Fc1ccc(CCN2CCCNC3(CCCC3)C2)cc1. The molecule has 3 rings (SSSR count). The minimum absolute atomic E-state index is 0.141. The summed E-state index contributed by atoms with van der Waals surface area (Å²) in [5.74, 6) is -0.141. The fourth-order valence-electron chi connectivity index (χ4n) is 3.74. The van der Waals surface area contributed by atoms with Crippen LogP contribution in [0.4, 0.5) is 4.39 Å². The molecular weight excluding hydrogens is 251 g/mol. The van der Waals surface area contributed by atoms with Crippen molar-refractivity contribution in [2.45, 2.75) is 44.1 Å². The second-order valence-corrected chi connectivity index (χ2v) is 6.42. The van der Waals surface area contributed by atoms with E-state index in [0.717, 1.165) is 19.5 Å². The van der Waals surface area contributed by atoms with Crippen molar-refractivity contribution in [2.24, 2.45) is 0 Å². The molecule has 3 heteroatoms. The molecule has 0 radical (unpaired) electrons. The van der Waals surface area contributed by atoms with E-state index in [9.17, 15) is 4.39 Å². The van der Waals surface area contributed by atoms with Gasteiger partial charge in [0.05, 0.1) is 0 Å². The van der Waals surface area contributed by atoms with Gasteiger partial charge in [0, 0.05) is 18.6 Å². The van der Waals surface area contributed by atoms with E-state index < -0.39 is 0 Å². The smallest absolute Gasteiger partial charge is 0.123 e. The highest BCUT2D eigenvalue weighted by Gasteiger charge is 2.36. The molecule has 2 fully saturated rings. The van der Waals surface area contributed by atoms with Gasteiger partial charge < -0.3 is 10.2 Å². The quantitative estimate of drug-likeness (QED) is 0.913. The Balaban J connectivity index is 1.57. The lowest BCUT2D eigenvalue weighted by molar-refractivity contribution is 0.212. The summed E-state index contributed by atoms with van der Waals surface area (Å²) >= 11 is 0. The molecule has 1 aromatic carbocycles. The first-order valence-corrected chi connectivity index (χ1v) is 7.98. The summed E-state index contributed by atoms with van der Waals surface area (Å²) in [4.78, 5) is 2.61. The monoisotopic (exact) mass is 276 g/mol. The lowest BCUT2D eigenvalue weighted by Gasteiger charge is -2.33. The van der Waals surface area contributed by atoms with Crippen molar-refractivity contribution < 1.29 is 4.39 Å². The van der Waals surface area contributed by atoms with Crippen LogP contribution >= 0.6 is 0 Å². The van der Waals surface area contributed by atoms with Crippen LogP contribution in [0.3, 0.4) is 0 Å². The van der Waals surface area contributed by atoms with Gasteiger partial charge >= 0.3 is 0 Å². The van der Waals surface area contributed by atoms with Gasteiger partial charge in [-0.2, -0.15) is 0 Å². The molecular formula is C17H25FN2. The van der Waals surface area contributed by atoms with Crippen LogP contribution in [0.5, 0.6) is 0 Å². The first-order valence-electron chi connectivity index (χ1n) is 7.98. The Morgan fingerprint density at radius 2 is 1.85 bits per heavy atom. The first-order chi connectivity index (χ1) is 9.76. The molecule has 1 N–H and O–H groups in total. The summed E-state index contributed by atoms with van der Waals surface area (Å²) in [5, 5.41) is 3.80. The van der Waals surface area contributed by atoms with Crippen LogP contribution in [0.25, 0.3) is 0 Å². The summed E-state index contributed by atoms with van der Waals surface area (Å²) < 4.78 is 12.9. The molecule has 0 unspecified atom stereocenters. The van der Waals surface area contributed by atoms with Crippen molar-refractivity contribution in [3.63, 3.8) is 0 Å². The van der Waals surface area contributed by atoms with Crippen molar-refractivity contribution >= 4 is 0 Å². The van der Waals surface area contributed by atoms with Gasteiger partial charge in [0.2, 0.25) is 0 Å². The molecule has 20 heavy (non-hydrogen) atoms. The standard InChI is InChI=1S/C17H25FN2/c18-16-6-4-15(5-7-16)8-13-20-12-3-11-19-17(14-20)9-1-2-10-17/h4-7,19H,1-3,8-14H2. The van der Waals surface area contributed by atoms with E-state index in [1.165, 1.54) is 50.8 Å². The van der Waals surface area contributed by atoms with E-state index in [2.05, 4.69) is 10.2 Å². The maximum absolute atomic E-state index is 12.9. The van der Waals surface area contributed by atoms with Crippen molar-refractivity contribution in [1.82, 2.24) is 10.2 Å². The van der Waals surface area contributed by atoms with E-state index in [1.807, 2.05) is 12.1 Å². The molecule has 1 saturated carbocycles. The Bertz CT molecular complexity index is 423. The van der Waals surface area contributed by atoms with Crippen LogP contribution in [-0.4, -0.2) is 36.6 Å². The highest BCUT2D eigenvalue weighted by Crippen LogP contribution is 2.31. The highest BCUT2D eigenvalue weighted by molar-refractivity contribution is 5.16. The van der Waals surface area contributed by atoms with E-state index in [-0.39, 0.29) is 5.82 Å². The van der Waals surface area contributed by atoms with E-state index >= 15 is 0 Å². The Hall–Kier alpha value is -0.930. The minimum Gasteiger partial charge on any atom is -0.310 e. The number of halogens is 1. The lowest BCUT2D eigenvalue weighted by atomic mass is 9.97. The number of nitrogens with zero attached hydrogens (tertiary/aromatic N) is 1. The Morgan fingerprint density at radius 3 is 2.60 bits per heavy atom. The van der Waals surface area contributed by atoms with Gasteiger partial charge in [-0.15, -0.1) is 0 Å². The molecule has 1 saturated heterocycles. The Labute approximate surface area is 121 Å². The summed E-state index contributed by atoms with van der Waals surface area (Å²) in [6, 6.07) is 6.96. The zero-order chi connectivity index (χ0) is 13.8. The summed E-state index contributed by atoms with van der Waals surface area (Å²) in [7, 11) is 0. The molecule has 2 nitrogen and oxygen atoms in total. The van der Waals surface area contributed by atoms with Crippen molar-refractivity contribution in [2.75, 3.05) is 26.2 Å². The molecule has 1 spiro atoms. The van der Waals surface area contributed by atoms with Crippen LogP contribution in [0.2, 0.25) is 0 Å². The van der Waals surface area contributed by atoms with Crippen LogP contribution < -0.4 is 5.32 Å². The minimum atomic E-state index is -0.141. The highest BCUT2D eigenvalue weighted by atomic mass is 19.1. The number of hydrogen-bond acceptors (Lipinski definition) is 2. The Morgan fingerprint density at radius 1 is 1.10 bits per heavy atom. The maximum Gasteiger partial charge on any atom is 0.123 e. The topological polar surface area (TPSA) is 15.3 Å². The summed E-state index contributed by atoms with van der Waals surface area (Å²) in [6.07, 6.45) is 7.68. The number of rotatable bonds is 3. The molecule has 1 aromatic rings. The number of benzene rings is 1. The number of nitrogens with one attached hydrogen (secondary N) is 1. The van der Waals surface area contributed by atoms with E-state index in [1.54, 1.807) is 12.1 Å². The molecule has 2 aliphatic rings. The van der Waals surface area contributed by atoms with Crippen LogP contribution in [0.1, 0.15) is 37.7 Å². The third-order valence-electron chi connectivity index (χ3n) is 4.87. The molecule has 1 aliphatic heterocycles. The Kier molecular flexibility index (Phi) is 4.37. The van der Waals surface area contributed by atoms with Crippen molar-refractivity contribution in [3.8, 4) is 0 Å². The van der Waals surface area contributed by atoms with Gasteiger partial charge in [-0.05, 0) is 56.5 Å². The average molecular weight is 276 g/mol.